The summed E-state index contributed by atoms with van der Waals surface area (Å²) in [5.74, 6) is -0.919. The summed E-state index contributed by atoms with van der Waals surface area (Å²) in [5.41, 5.74) is 0. The summed E-state index contributed by atoms with van der Waals surface area (Å²) in [6.45, 7) is 1.82. The van der Waals surface area contributed by atoms with Crippen LogP contribution in [-0.4, -0.2) is 17.3 Å². The van der Waals surface area contributed by atoms with Crippen molar-refractivity contribution in [2.45, 2.75) is 13.3 Å². The molecule has 0 atom stereocenters. The fraction of sp³-hybridized carbons (Fsp3) is 0.250. The third-order valence-electron chi connectivity index (χ3n) is 0.873. The predicted octanol–water partition coefficient (Wildman–Crippen LogP) is 1.62. The third-order valence-corrected chi connectivity index (χ3v) is 0.873. The van der Waals surface area contributed by atoms with Crippen LogP contribution in [0.5, 0.6) is 0 Å². The fourth-order valence-corrected chi connectivity index (χ4v) is 0.455. The summed E-state index contributed by atoms with van der Waals surface area (Å²) >= 11 is 0. The fourth-order valence-electron chi connectivity index (χ4n) is 0.455. The highest BCUT2D eigenvalue weighted by atomic mass is 16.4. The van der Waals surface area contributed by atoms with Gasteiger partial charge in [-0.3, -0.25) is 4.99 Å². The minimum atomic E-state index is -0.919. The quantitative estimate of drug-likeness (QED) is 0.493. The van der Waals surface area contributed by atoms with Gasteiger partial charge in [0.15, 0.2) is 0 Å². The largest absolute Gasteiger partial charge is 0.478 e. The molecule has 11 heavy (non-hydrogen) atoms. The smallest absolute Gasteiger partial charge is 0.327 e. The summed E-state index contributed by atoms with van der Waals surface area (Å²) in [5, 5.41) is 8.18. The number of carboxylic acids is 1. The molecule has 0 aliphatic carbocycles. The van der Waals surface area contributed by atoms with Gasteiger partial charge in [0.25, 0.3) is 0 Å². The molecule has 60 valence electrons. The Morgan fingerprint density at radius 2 is 2.27 bits per heavy atom. The second kappa shape index (κ2) is 6.74. The van der Waals surface area contributed by atoms with Crippen LogP contribution in [0, 0.1) is 0 Å². The van der Waals surface area contributed by atoms with Crippen LogP contribution in [0.25, 0.3) is 0 Å². The lowest BCUT2D eigenvalue weighted by Gasteiger charge is -1.78. The number of hydrogen-bond acceptors (Lipinski definition) is 2. The highest BCUT2D eigenvalue weighted by Crippen LogP contribution is 1.85. The van der Waals surface area contributed by atoms with Crippen LogP contribution < -0.4 is 0 Å². The van der Waals surface area contributed by atoms with Crippen LogP contribution in [-0.2, 0) is 4.79 Å². The molecule has 0 rings (SSSR count). The first-order chi connectivity index (χ1) is 5.27. The Balaban J connectivity index is 3.48. The number of aliphatic imine (C=N–C) groups is 1. The molecule has 0 saturated heterocycles. The molecule has 3 nitrogen and oxygen atoms in total. The third kappa shape index (κ3) is 8.62. The van der Waals surface area contributed by atoms with E-state index in [1.54, 1.807) is 24.6 Å². The van der Waals surface area contributed by atoms with E-state index in [0.29, 0.717) is 6.42 Å². The van der Waals surface area contributed by atoms with Gasteiger partial charge in [0.05, 0.1) is 0 Å². The number of nitrogens with zero attached hydrogens (tertiary/aromatic N) is 1. The van der Waals surface area contributed by atoms with E-state index in [2.05, 4.69) is 4.99 Å². The van der Waals surface area contributed by atoms with Crippen molar-refractivity contribution >= 4 is 12.2 Å². The molecule has 0 unspecified atom stereocenters. The Hall–Kier alpha value is -1.38. The van der Waals surface area contributed by atoms with Crippen molar-refractivity contribution in [3.05, 3.63) is 24.4 Å². The maximum absolute atomic E-state index is 9.95. The highest BCUT2D eigenvalue weighted by Gasteiger charge is 1.80. The van der Waals surface area contributed by atoms with Crippen LogP contribution in [0.15, 0.2) is 29.4 Å². The van der Waals surface area contributed by atoms with Gasteiger partial charge >= 0.3 is 5.97 Å². The van der Waals surface area contributed by atoms with E-state index in [1.165, 1.54) is 0 Å². The molecule has 0 bridgehead atoms. The number of hydrogen-bond donors (Lipinski definition) is 1. The molecule has 0 heterocycles. The van der Waals surface area contributed by atoms with E-state index in [4.69, 9.17) is 5.11 Å². The molecule has 1 N–H and O–H groups in total. The SMILES string of the molecule is CC=N/C=C\C/C=C/C(=O)O. The lowest BCUT2D eigenvalue weighted by atomic mass is 10.4. The summed E-state index contributed by atoms with van der Waals surface area (Å²) < 4.78 is 0. The number of rotatable bonds is 4. The van der Waals surface area contributed by atoms with E-state index in [-0.39, 0.29) is 0 Å². The Labute approximate surface area is 65.8 Å². The van der Waals surface area contributed by atoms with Crippen molar-refractivity contribution < 1.29 is 9.90 Å². The van der Waals surface area contributed by atoms with Crippen LogP contribution in [0.1, 0.15) is 13.3 Å². The molecule has 0 aliphatic heterocycles. The van der Waals surface area contributed by atoms with Crippen LogP contribution in [0.3, 0.4) is 0 Å². The van der Waals surface area contributed by atoms with Gasteiger partial charge in [-0.05, 0) is 13.3 Å². The maximum atomic E-state index is 9.95. The highest BCUT2D eigenvalue weighted by molar-refractivity contribution is 5.79. The molecule has 0 fully saturated rings. The van der Waals surface area contributed by atoms with E-state index < -0.39 is 5.97 Å². The zero-order chi connectivity index (χ0) is 8.53. The minimum Gasteiger partial charge on any atom is -0.478 e. The normalized spacial score (nSPS) is 12.1. The summed E-state index contributed by atoms with van der Waals surface area (Å²) in [4.78, 5) is 13.7. The summed E-state index contributed by atoms with van der Waals surface area (Å²) in [7, 11) is 0. The summed E-state index contributed by atoms with van der Waals surface area (Å²) in [6, 6.07) is 0. The van der Waals surface area contributed by atoms with Gasteiger partial charge < -0.3 is 5.11 Å². The second-order valence-electron chi connectivity index (χ2n) is 1.77. The van der Waals surface area contributed by atoms with Crippen molar-refractivity contribution in [2.24, 2.45) is 4.99 Å². The molecule has 0 radical (unpaired) electrons. The van der Waals surface area contributed by atoms with Gasteiger partial charge in [-0.15, -0.1) is 0 Å². The van der Waals surface area contributed by atoms with Gasteiger partial charge in [0.2, 0.25) is 0 Å². The average Bonchev–Trinajstić information content (AvgIpc) is 1.96. The Morgan fingerprint density at radius 1 is 1.55 bits per heavy atom. The number of allylic oxidation sites excluding steroid dienone is 2. The van der Waals surface area contributed by atoms with Crippen molar-refractivity contribution in [1.29, 1.82) is 0 Å². The average molecular weight is 153 g/mol. The molecule has 3 heteroatoms. The Morgan fingerprint density at radius 3 is 2.82 bits per heavy atom. The van der Waals surface area contributed by atoms with E-state index in [0.717, 1.165) is 6.08 Å². The number of carboxylic acid groups (broad SMARTS) is 1. The van der Waals surface area contributed by atoms with E-state index in [1.807, 2.05) is 6.92 Å². The monoisotopic (exact) mass is 153 g/mol. The number of aliphatic carboxylic acids is 1. The number of carbonyl (C=O) groups is 1. The molecule has 0 saturated carbocycles. The lowest BCUT2D eigenvalue weighted by Crippen LogP contribution is -1.84. The van der Waals surface area contributed by atoms with Gasteiger partial charge in [0.1, 0.15) is 0 Å². The van der Waals surface area contributed by atoms with Crippen molar-refractivity contribution in [2.75, 3.05) is 0 Å². The zero-order valence-electron chi connectivity index (χ0n) is 6.40. The second-order valence-corrected chi connectivity index (χ2v) is 1.77. The first kappa shape index (κ1) is 9.62. The van der Waals surface area contributed by atoms with E-state index in [9.17, 15) is 4.79 Å². The van der Waals surface area contributed by atoms with Gasteiger partial charge in [-0.2, -0.15) is 0 Å². The molecule has 0 amide bonds. The summed E-state index contributed by atoms with van der Waals surface area (Å²) in [6.07, 6.45) is 8.34. The van der Waals surface area contributed by atoms with Gasteiger partial charge in [-0.1, -0.05) is 12.2 Å². The molecule has 0 aromatic carbocycles. The Bertz CT molecular complexity index is 192. The van der Waals surface area contributed by atoms with Crippen molar-refractivity contribution in [3.8, 4) is 0 Å². The molecule has 0 aromatic heterocycles. The lowest BCUT2D eigenvalue weighted by molar-refractivity contribution is -0.131. The zero-order valence-corrected chi connectivity index (χ0v) is 6.40. The van der Waals surface area contributed by atoms with Crippen LogP contribution >= 0.6 is 0 Å². The first-order valence-corrected chi connectivity index (χ1v) is 3.29. The predicted molar refractivity (Wildman–Crippen MR) is 44.7 cm³/mol. The molecule has 0 aliphatic rings. The molecular formula is C8H11NO2. The molecule has 0 spiro atoms. The van der Waals surface area contributed by atoms with Crippen molar-refractivity contribution in [1.82, 2.24) is 0 Å². The first-order valence-electron chi connectivity index (χ1n) is 3.29. The molecule has 0 aromatic rings. The van der Waals surface area contributed by atoms with Crippen LogP contribution in [0.4, 0.5) is 0 Å². The van der Waals surface area contributed by atoms with Crippen molar-refractivity contribution in [3.63, 3.8) is 0 Å². The van der Waals surface area contributed by atoms with Gasteiger partial charge in [-0.25, -0.2) is 4.79 Å². The topological polar surface area (TPSA) is 49.7 Å². The molecular weight excluding hydrogens is 142 g/mol. The minimum absolute atomic E-state index is 0.601. The van der Waals surface area contributed by atoms with E-state index >= 15 is 0 Å². The maximum Gasteiger partial charge on any atom is 0.327 e. The standard InChI is InChI=1S/C8H11NO2/c1-2-9-7-5-3-4-6-8(10)11/h2,4-7H,3H2,1H3,(H,10,11)/b6-4+,7-5-,9-2?. The van der Waals surface area contributed by atoms with Crippen LogP contribution in [0.2, 0.25) is 0 Å². The van der Waals surface area contributed by atoms with Gasteiger partial charge in [0, 0.05) is 18.5 Å². The Kier molecular flexibility index (Phi) is 5.89.